The lowest BCUT2D eigenvalue weighted by atomic mass is 10.1. The molecule has 0 radical (unpaired) electrons. The van der Waals surface area contributed by atoms with Gasteiger partial charge in [-0.05, 0) is 18.9 Å². The van der Waals surface area contributed by atoms with Gasteiger partial charge in [-0.15, -0.1) is 0 Å². The summed E-state index contributed by atoms with van der Waals surface area (Å²) in [5, 5.41) is 30.9. The van der Waals surface area contributed by atoms with Crippen LogP contribution in [0.15, 0.2) is 18.2 Å². The highest BCUT2D eigenvalue weighted by Crippen LogP contribution is 2.21. The van der Waals surface area contributed by atoms with Crippen molar-refractivity contribution in [1.82, 2.24) is 0 Å². The highest BCUT2D eigenvalue weighted by Gasteiger charge is 2.09. The SMILES string of the molecule is N#CCCCCNc1ccc([N+](=O)[O-])cc1C#N. The van der Waals surface area contributed by atoms with E-state index in [1.54, 1.807) is 0 Å². The first-order valence-corrected chi connectivity index (χ1v) is 5.48. The fraction of sp³-hybridized carbons (Fsp3) is 0.333. The number of nitro benzene ring substituents is 1. The van der Waals surface area contributed by atoms with Gasteiger partial charge in [0, 0.05) is 25.1 Å². The topological polar surface area (TPSA) is 103 Å². The highest BCUT2D eigenvalue weighted by atomic mass is 16.6. The van der Waals surface area contributed by atoms with Crippen molar-refractivity contribution in [3.63, 3.8) is 0 Å². The number of rotatable bonds is 6. The molecule has 0 saturated heterocycles. The summed E-state index contributed by atoms with van der Waals surface area (Å²) in [4.78, 5) is 10.0. The smallest absolute Gasteiger partial charge is 0.270 e. The summed E-state index contributed by atoms with van der Waals surface area (Å²) in [6.07, 6.45) is 2.11. The van der Waals surface area contributed by atoms with E-state index in [-0.39, 0.29) is 11.3 Å². The molecule has 0 saturated carbocycles. The maximum Gasteiger partial charge on any atom is 0.270 e. The summed E-state index contributed by atoms with van der Waals surface area (Å²) in [6, 6.07) is 8.11. The number of nitrogens with zero attached hydrogens (tertiary/aromatic N) is 3. The second kappa shape index (κ2) is 6.87. The minimum absolute atomic E-state index is 0.0958. The Morgan fingerprint density at radius 1 is 1.33 bits per heavy atom. The Bertz CT molecular complexity index is 514. The number of nitro groups is 1. The Morgan fingerprint density at radius 2 is 2.11 bits per heavy atom. The highest BCUT2D eigenvalue weighted by molar-refractivity contribution is 5.61. The summed E-state index contributed by atoms with van der Waals surface area (Å²) in [6.45, 7) is 0.633. The van der Waals surface area contributed by atoms with E-state index in [0.29, 0.717) is 18.7 Å². The molecule has 0 amide bonds. The van der Waals surface area contributed by atoms with Crippen LogP contribution in [-0.2, 0) is 0 Å². The Morgan fingerprint density at radius 3 is 2.72 bits per heavy atom. The number of non-ortho nitro benzene ring substituents is 1. The summed E-state index contributed by atoms with van der Waals surface area (Å²) in [5.74, 6) is 0. The van der Waals surface area contributed by atoms with E-state index in [1.165, 1.54) is 18.2 Å². The Hall–Kier alpha value is -2.60. The lowest BCUT2D eigenvalue weighted by Gasteiger charge is -2.07. The predicted octanol–water partition coefficient (Wildman–Crippen LogP) is 2.57. The molecule has 0 fully saturated rings. The minimum Gasteiger partial charge on any atom is -0.384 e. The Labute approximate surface area is 105 Å². The number of hydrogen-bond donors (Lipinski definition) is 1. The van der Waals surface area contributed by atoms with Gasteiger partial charge in [-0.2, -0.15) is 10.5 Å². The molecule has 0 aliphatic rings. The molecular formula is C12H12N4O2. The fourth-order valence-corrected chi connectivity index (χ4v) is 1.44. The van der Waals surface area contributed by atoms with Crippen molar-refractivity contribution in [2.24, 2.45) is 0 Å². The van der Waals surface area contributed by atoms with Crippen LogP contribution in [0.3, 0.4) is 0 Å². The van der Waals surface area contributed by atoms with E-state index < -0.39 is 4.92 Å². The normalized spacial score (nSPS) is 9.22. The van der Waals surface area contributed by atoms with Crippen LogP contribution in [0.5, 0.6) is 0 Å². The second-order valence-electron chi connectivity index (χ2n) is 3.64. The predicted molar refractivity (Wildman–Crippen MR) is 65.8 cm³/mol. The van der Waals surface area contributed by atoms with Crippen LogP contribution in [0.25, 0.3) is 0 Å². The van der Waals surface area contributed by atoms with Crippen molar-refractivity contribution in [2.75, 3.05) is 11.9 Å². The third kappa shape index (κ3) is 3.76. The monoisotopic (exact) mass is 244 g/mol. The quantitative estimate of drug-likeness (QED) is 0.470. The number of benzene rings is 1. The molecule has 0 atom stereocenters. The maximum absolute atomic E-state index is 10.6. The van der Waals surface area contributed by atoms with Gasteiger partial charge in [-0.1, -0.05) is 0 Å². The first-order valence-electron chi connectivity index (χ1n) is 5.48. The first kappa shape index (κ1) is 13.5. The van der Waals surface area contributed by atoms with Gasteiger partial charge in [-0.3, -0.25) is 10.1 Å². The Kier molecular flexibility index (Phi) is 5.14. The summed E-state index contributed by atoms with van der Waals surface area (Å²) >= 11 is 0. The molecule has 1 rings (SSSR count). The molecule has 1 aromatic carbocycles. The molecule has 0 spiro atoms. The fourth-order valence-electron chi connectivity index (χ4n) is 1.44. The van der Waals surface area contributed by atoms with E-state index in [0.717, 1.165) is 12.8 Å². The largest absolute Gasteiger partial charge is 0.384 e. The van der Waals surface area contributed by atoms with Crippen LogP contribution in [0.1, 0.15) is 24.8 Å². The van der Waals surface area contributed by atoms with Gasteiger partial charge in [0.1, 0.15) is 6.07 Å². The van der Waals surface area contributed by atoms with E-state index in [2.05, 4.69) is 11.4 Å². The van der Waals surface area contributed by atoms with Crippen molar-refractivity contribution in [3.05, 3.63) is 33.9 Å². The third-order valence-corrected chi connectivity index (χ3v) is 2.37. The number of anilines is 1. The number of hydrogen-bond acceptors (Lipinski definition) is 5. The average Bonchev–Trinajstić information content (AvgIpc) is 2.38. The van der Waals surface area contributed by atoms with E-state index >= 15 is 0 Å². The second-order valence-corrected chi connectivity index (χ2v) is 3.64. The number of nitriles is 2. The summed E-state index contributed by atoms with van der Waals surface area (Å²) < 4.78 is 0. The molecule has 0 aromatic heterocycles. The van der Waals surface area contributed by atoms with E-state index in [9.17, 15) is 10.1 Å². The lowest BCUT2D eigenvalue weighted by Crippen LogP contribution is -2.03. The zero-order valence-electron chi connectivity index (χ0n) is 9.72. The van der Waals surface area contributed by atoms with Crippen molar-refractivity contribution in [1.29, 1.82) is 10.5 Å². The zero-order valence-corrected chi connectivity index (χ0v) is 9.72. The molecule has 6 nitrogen and oxygen atoms in total. The molecule has 18 heavy (non-hydrogen) atoms. The Balaban J connectivity index is 2.64. The molecule has 92 valence electrons. The number of nitrogens with one attached hydrogen (secondary N) is 1. The number of unbranched alkanes of at least 4 members (excludes halogenated alkanes) is 2. The molecule has 0 unspecified atom stereocenters. The van der Waals surface area contributed by atoms with Crippen LogP contribution < -0.4 is 5.32 Å². The molecule has 6 heteroatoms. The molecule has 0 bridgehead atoms. The van der Waals surface area contributed by atoms with Crippen LogP contribution in [0.2, 0.25) is 0 Å². The summed E-state index contributed by atoms with van der Waals surface area (Å²) in [7, 11) is 0. The zero-order chi connectivity index (χ0) is 13.4. The molecular weight excluding hydrogens is 232 g/mol. The molecule has 1 N–H and O–H groups in total. The van der Waals surface area contributed by atoms with Gasteiger partial charge in [-0.25, -0.2) is 0 Å². The summed E-state index contributed by atoms with van der Waals surface area (Å²) in [5.41, 5.74) is 0.742. The van der Waals surface area contributed by atoms with Gasteiger partial charge >= 0.3 is 0 Å². The van der Waals surface area contributed by atoms with Crippen molar-refractivity contribution in [3.8, 4) is 12.1 Å². The average molecular weight is 244 g/mol. The van der Waals surface area contributed by atoms with Gasteiger partial charge in [0.2, 0.25) is 0 Å². The van der Waals surface area contributed by atoms with Gasteiger partial charge in [0.25, 0.3) is 5.69 Å². The van der Waals surface area contributed by atoms with Crippen molar-refractivity contribution in [2.45, 2.75) is 19.3 Å². The molecule has 0 aliphatic carbocycles. The van der Waals surface area contributed by atoms with Crippen LogP contribution in [0, 0.1) is 32.8 Å². The van der Waals surface area contributed by atoms with Crippen LogP contribution >= 0.6 is 0 Å². The maximum atomic E-state index is 10.6. The molecule has 0 aliphatic heterocycles. The van der Waals surface area contributed by atoms with Crippen molar-refractivity contribution >= 4 is 11.4 Å². The van der Waals surface area contributed by atoms with E-state index in [1.807, 2.05) is 6.07 Å². The van der Waals surface area contributed by atoms with Gasteiger partial charge < -0.3 is 5.32 Å². The van der Waals surface area contributed by atoms with Gasteiger partial charge in [0.05, 0.1) is 22.2 Å². The van der Waals surface area contributed by atoms with Crippen LogP contribution in [-0.4, -0.2) is 11.5 Å². The molecule has 1 aromatic rings. The van der Waals surface area contributed by atoms with E-state index in [4.69, 9.17) is 10.5 Å². The minimum atomic E-state index is -0.530. The third-order valence-electron chi connectivity index (χ3n) is 2.37. The standard InChI is InChI=1S/C12H12N4O2/c13-6-2-1-3-7-15-12-5-4-11(16(17)18)8-10(12)9-14/h4-5,8,15H,1-3,7H2. The van der Waals surface area contributed by atoms with Gasteiger partial charge in [0.15, 0.2) is 0 Å². The van der Waals surface area contributed by atoms with Crippen LogP contribution in [0.4, 0.5) is 11.4 Å². The first-order chi connectivity index (χ1) is 8.69. The molecule has 0 heterocycles. The lowest BCUT2D eigenvalue weighted by molar-refractivity contribution is -0.384. The van der Waals surface area contributed by atoms with Crippen molar-refractivity contribution < 1.29 is 4.92 Å².